The summed E-state index contributed by atoms with van der Waals surface area (Å²) >= 11 is 0. The molecule has 1 atom stereocenters. The number of hydrogen-bond donors (Lipinski definition) is 0. The van der Waals surface area contributed by atoms with Crippen molar-refractivity contribution >= 4 is 25.5 Å². The zero-order valence-electron chi connectivity index (χ0n) is 9.18. The fraction of sp³-hybridized carbons (Fsp3) is 0.889. The van der Waals surface area contributed by atoms with Crippen molar-refractivity contribution in [1.82, 2.24) is 0 Å². The number of carbonyl (C=O) groups is 1. The minimum Gasteiger partial charge on any atom is -0.299 e. The van der Waals surface area contributed by atoms with E-state index in [0.29, 0.717) is 6.42 Å². The summed E-state index contributed by atoms with van der Waals surface area (Å²) in [6, 6.07) is 0. The summed E-state index contributed by atoms with van der Waals surface area (Å²) in [7, 11) is -6.07. The van der Waals surface area contributed by atoms with Gasteiger partial charge in [0.1, 0.15) is 15.6 Å². The molecule has 1 aliphatic heterocycles. The second-order valence-corrected chi connectivity index (χ2v) is 8.79. The van der Waals surface area contributed by atoms with Gasteiger partial charge in [0.2, 0.25) is 0 Å². The van der Waals surface area contributed by atoms with Gasteiger partial charge in [0.05, 0.1) is 17.3 Å². The molecule has 0 bridgehead atoms. The molecule has 0 N–H and O–H groups in total. The van der Waals surface area contributed by atoms with Crippen LogP contribution in [0.3, 0.4) is 0 Å². The minimum absolute atomic E-state index is 0.0157. The van der Waals surface area contributed by atoms with Gasteiger partial charge < -0.3 is 0 Å². The second-order valence-electron chi connectivity index (χ2n) is 4.30. The number of rotatable bonds is 5. The number of hydrogen-bond acceptors (Lipinski definition) is 5. The predicted octanol–water partition coefficient (Wildman–Crippen LogP) is -0.185. The van der Waals surface area contributed by atoms with Gasteiger partial charge >= 0.3 is 0 Å². The third-order valence-electron chi connectivity index (χ3n) is 2.63. The molecule has 1 saturated heterocycles. The van der Waals surface area contributed by atoms with Gasteiger partial charge in [-0.25, -0.2) is 16.8 Å². The highest BCUT2D eigenvalue weighted by atomic mass is 32.2. The number of Topliss-reactive ketones (excluding diaryl/α,β-unsaturated/α-hetero) is 1. The van der Waals surface area contributed by atoms with Crippen LogP contribution in [-0.4, -0.2) is 46.1 Å². The Kier molecular flexibility index (Phi) is 4.12. The van der Waals surface area contributed by atoms with Gasteiger partial charge in [-0.3, -0.25) is 4.79 Å². The van der Waals surface area contributed by atoms with Crippen molar-refractivity contribution in [2.45, 2.75) is 19.3 Å². The third kappa shape index (κ3) is 4.61. The molecule has 1 fully saturated rings. The first-order chi connectivity index (χ1) is 7.20. The van der Waals surface area contributed by atoms with E-state index >= 15 is 0 Å². The smallest absolute Gasteiger partial charge is 0.151 e. The first kappa shape index (κ1) is 13.6. The summed E-state index contributed by atoms with van der Waals surface area (Å²) in [5, 5.41) is 0. The maximum atomic E-state index is 11.6. The molecule has 0 aliphatic carbocycles. The molecule has 1 rings (SSSR count). The fourth-order valence-electron chi connectivity index (χ4n) is 1.76. The van der Waals surface area contributed by atoms with E-state index in [1.807, 2.05) is 0 Å². The largest absolute Gasteiger partial charge is 0.299 e. The molecule has 1 heterocycles. The number of ketones is 1. The Morgan fingerprint density at radius 1 is 1.38 bits per heavy atom. The van der Waals surface area contributed by atoms with E-state index in [2.05, 4.69) is 0 Å². The zero-order valence-corrected chi connectivity index (χ0v) is 10.8. The SMILES string of the molecule is CS(=O)(=O)CCCC(=O)C1CCS(=O)(=O)C1. The first-order valence-corrected chi connectivity index (χ1v) is 8.99. The molecule has 0 aromatic rings. The Bertz CT molecular complexity index is 460. The average molecular weight is 268 g/mol. The van der Waals surface area contributed by atoms with Crippen LogP contribution in [0.5, 0.6) is 0 Å². The van der Waals surface area contributed by atoms with E-state index in [0.717, 1.165) is 6.26 Å². The van der Waals surface area contributed by atoms with Gasteiger partial charge in [0, 0.05) is 18.6 Å². The van der Waals surface area contributed by atoms with Gasteiger partial charge in [-0.05, 0) is 12.8 Å². The molecule has 0 saturated carbocycles. The Morgan fingerprint density at radius 3 is 2.44 bits per heavy atom. The van der Waals surface area contributed by atoms with Gasteiger partial charge in [0.15, 0.2) is 9.84 Å². The molecule has 94 valence electrons. The lowest BCUT2D eigenvalue weighted by Crippen LogP contribution is -2.17. The number of carbonyl (C=O) groups excluding carboxylic acids is 1. The molecular formula is C9H16O5S2. The Labute approximate surface area is 96.1 Å². The van der Waals surface area contributed by atoms with E-state index in [1.54, 1.807) is 0 Å². The highest BCUT2D eigenvalue weighted by Crippen LogP contribution is 2.21. The summed E-state index contributed by atoms with van der Waals surface area (Å²) in [4.78, 5) is 11.6. The van der Waals surface area contributed by atoms with Gasteiger partial charge in [-0.2, -0.15) is 0 Å². The molecule has 0 radical (unpaired) electrons. The molecule has 1 aliphatic rings. The van der Waals surface area contributed by atoms with Crippen LogP contribution in [0.2, 0.25) is 0 Å². The molecule has 0 aromatic heterocycles. The summed E-state index contributed by atoms with van der Waals surface area (Å²) in [5.41, 5.74) is 0. The lowest BCUT2D eigenvalue weighted by atomic mass is 10.0. The molecule has 5 nitrogen and oxygen atoms in total. The summed E-state index contributed by atoms with van der Waals surface area (Å²) in [5.74, 6) is -0.535. The van der Waals surface area contributed by atoms with Crippen LogP contribution < -0.4 is 0 Å². The lowest BCUT2D eigenvalue weighted by Gasteiger charge is -2.05. The van der Waals surface area contributed by atoms with Crippen LogP contribution >= 0.6 is 0 Å². The Morgan fingerprint density at radius 2 is 2.00 bits per heavy atom. The van der Waals surface area contributed by atoms with Crippen molar-refractivity contribution in [3.05, 3.63) is 0 Å². The molecular weight excluding hydrogens is 252 g/mol. The lowest BCUT2D eigenvalue weighted by molar-refractivity contribution is -0.122. The van der Waals surface area contributed by atoms with Crippen LogP contribution in [0.1, 0.15) is 19.3 Å². The van der Waals surface area contributed by atoms with Crippen molar-refractivity contribution in [1.29, 1.82) is 0 Å². The molecule has 0 aromatic carbocycles. The Balaban J connectivity index is 2.38. The first-order valence-electron chi connectivity index (χ1n) is 5.10. The van der Waals surface area contributed by atoms with Crippen molar-refractivity contribution in [2.75, 3.05) is 23.5 Å². The van der Waals surface area contributed by atoms with Crippen molar-refractivity contribution in [3.63, 3.8) is 0 Å². The van der Waals surface area contributed by atoms with Gasteiger partial charge in [0.25, 0.3) is 0 Å². The van der Waals surface area contributed by atoms with Gasteiger partial charge in [-0.1, -0.05) is 0 Å². The van der Waals surface area contributed by atoms with Crippen molar-refractivity contribution in [3.8, 4) is 0 Å². The summed E-state index contributed by atoms with van der Waals surface area (Å²) < 4.78 is 43.9. The van der Waals surface area contributed by atoms with Crippen LogP contribution in [0, 0.1) is 5.92 Å². The normalized spacial score (nSPS) is 24.4. The van der Waals surface area contributed by atoms with E-state index in [1.165, 1.54) is 0 Å². The van der Waals surface area contributed by atoms with Gasteiger partial charge in [-0.15, -0.1) is 0 Å². The summed E-state index contributed by atoms with van der Waals surface area (Å²) in [6.07, 6.45) is 1.96. The highest BCUT2D eigenvalue weighted by Gasteiger charge is 2.32. The monoisotopic (exact) mass is 268 g/mol. The van der Waals surface area contributed by atoms with Crippen LogP contribution in [0.4, 0.5) is 0 Å². The topological polar surface area (TPSA) is 85.3 Å². The number of sulfone groups is 2. The maximum absolute atomic E-state index is 11.6. The molecule has 1 unspecified atom stereocenters. The minimum atomic E-state index is -3.04. The molecule has 16 heavy (non-hydrogen) atoms. The molecule has 0 amide bonds. The summed E-state index contributed by atoms with van der Waals surface area (Å²) in [6.45, 7) is 0. The van der Waals surface area contributed by atoms with E-state index in [-0.39, 0.29) is 35.9 Å². The third-order valence-corrected chi connectivity index (χ3v) is 5.42. The predicted molar refractivity (Wildman–Crippen MR) is 60.7 cm³/mol. The van der Waals surface area contributed by atoms with Crippen LogP contribution in [-0.2, 0) is 24.5 Å². The quantitative estimate of drug-likeness (QED) is 0.690. The molecule has 0 spiro atoms. The van der Waals surface area contributed by atoms with E-state index < -0.39 is 25.6 Å². The zero-order chi connectivity index (χ0) is 12.4. The Hall–Kier alpha value is -0.430. The molecule has 7 heteroatoms. The maximum Gasteiger partial charge on any atom is 0.151 e. The van der Waals surface area contributed by atoms with E-state index in [9.17, 15) is 21.6 Å². The van der Waals surface area contributed by atoms with Crippen molar-refractivity contribution in [2.24, 2.45) is 5.92 Å². The van der Waals surface area contributed by atoms with Crippen LogP contribution in [0.25, 0.3) is 0 Å². The van der Waals surface area contributed by atoms with Crippen molar-refractivity contribution < 1.29 is 21.6 Å². The fourth-order valence-corrected chi connectivity index (χ4v) is 4.21. The highest BCUT2D eigenvalue weighted by molar-refractivity contribution is 7.91. The van der Waals surface area contributed by atoms with Crippen LogP contribution in [0.15, 0.2) is 0 Å². The second kappa shape index (κ2) is 4.83. The van der Waals surface area contributed by atoms with E-state index in [4.69, 9.17) is 0 Å². The standard InChI is InChI=1S/C9H16O5S2/c1-15(11,12)5-2-3-9(10)8-4-6-16(13,14)7-8/h8H,2-7H2,1H3. The average Bonchev–Trinajstić information content (AvgIpc) is 2.43.